The molecule has 0 heterocycles. The Kier molecular flexibility index (Phi) is 4.99. The number of nitrogens with two attached hydrogens (primary N) is 1. The predicted molar refractivity (Wildman–Crippen MR) is 81.0 cm³/mol. The molecule has 0 spiro atoms. The van der Waals surface area contributed by atoms with E-state index in [1.165, 1.54) is 11.1 Å². The molecule has 3 N–H and O–H groups in total. The first-order valence-corrected chi connectivity index (χ1v) is 7.64. The van der Waals surface area contributed by atoms with Crippen LogP contribution in [0.3, 0.4) is 0 Å². The van der Waals surface area contributed by atoms with E-state index in [4.69, 9.17) is 5.73 Å². The predicted octanol–water partition coefficient (Wildman–Crippen LogP) is 2.69. The molecule has 2 rings (SSSR count). The normalized spacial score (nSPS) is 22.5. The molecule has 3 nitrogen and oxygen atoms in total. The molecule has 4 heteroatoms. The minimum absolute atomic E-state index is 0.137. The Morgan fingerprint density at radius 3 is 2.95 bits per heavy atom. The van der Waals surface area contributed by atoms with Crippen molar-refractivity contribution in [3.05, 3.63) is 33.8 Å². The lowest BCUT2D eigenvalue weighted by atomic mass is 10.0. The van der Waals surface area contributed by atoms with E-state index in [0.717, 1.165) is 30.2 Å². The molecule has 0 saturated heterocycles. The minimum Gasteiger partial charge on any atom is -0.353 e. The lowest BCUT2D eigenvalue weighted by Crippen LogP contribution is -2.34. The maximum absolute atomic E-state index is 11.9. The number of benzene rings is 1. The van der Waals surface area contributed by atoms with Crippen molar-refractivity contribution in [1.82, 2.24) is 5.32 Å². The van der Waals surface area contributed by atoms with E-state index < -0.39 is 0 Å². The van der Waals surface area contributed by atoms with E-state index in [-0.39, 0.29) is 18.0 Å². The number of rotatable bonds is 4. The maximum Gasteiger partial charge on any atom is 0.220 e. The summed E-state index contributed by atoms with van der Waals surface area (Å²) in [5.41, 5.74) is 8.31. The number of hydrogen-bond acceptors (Lipinski definition) is 2. The van der Waals surface area contributed by atoms with Gasteiger partial charge in [0.25, 0.3) is 0 Å². The Morgan fingerprint density at radius 1 is 1.47 bits per heavy atom. The maximum atomic E-state index is 11.9. The van der Waals surface area contributed by atoms with Gasteiger partial charge in [0.05, 0.1) is 0 Å². The fraction of sp³-hybridized carbons (Fsp3) is 0.533. The van der Waals surface area contributed by atoms with Gasteiger partial charge in [-0.1, -0.05) is 22.0 Å². The van der Waals surface area contributed by atoms with Gasteiger partial charge in [-0.25, -0.2) is 0 Å². The lowest BCUT2D eigenvalue weighted by molar-refractivity contribution is -0.121. The third kappa shape index (κ3) is 4.32. The number of hydrogen-bond donors (Lipinski definition) is 2. The second kappa shape index (κ2) is 6.53. The zero-order valence-corrected chi connectivity index (χ0v) is 12.9. The zero-order valence-electron chi connectivity index (χ0n) is 11.3. The number of aryl methyl sites for hydroxylation is 2. The van der Waals surface area contributed by atoms with Gasteiger partial charge in [0.15, 0.2) is 0 Å². The Morgan fingerprint density at radius 2 is 2.26 bits per heavy atom. The van der Waals surface area contributed by atoms with Crippen molar-refractivity contribution >= 4 is 21.8 Å². The minimum atomic E-state index is 0.137. The average Bonchev–Trinajstić information content (AvgIpc) is 2.76. The van der Waals surface area contributed by atoms with E-state index in [2.05, 4.69) is 40.3 Å². The SMILES string of the molecule is Cc1ccc(Br)cc1CCC(=O)NC1CCC(N)C1. The molecule has 1 fully saturated rings. The summed E-state index contributed by atoms with van der Waals surface area (Å²) in [6.07, 6.45) is 4.29. The van der Waals surface area contributed by atoms with Crippen LogP contribution >= 0.6 is 15.9 Å². The summed E-state index contributed by atoms with van der Waals surface area (Å²) in [6.45, 7) is 2.08. The third-order valence-electron chi connectivity index (χ3n) is 3.77. The second-order valence-corrected chi connectivity index (χ2v) is 6.32. The van der Waals surface area contributed by atoms with Gasteiger partial charge in [-0.3, -0.25) is 4.79 Å². The third-order valence-corrected chi connectivity index (χ3v) is 4.26. The molecule has 1 saturated carbocycles. The summed E-state index contributed by atoms with van der Waals surface area (Å²) in [6, 6.07) is 6.74. The summed E-state index contributed by atoms with van der Waals surface area (Å²) in [4.78, 5) is 11.9. The van der Waals surface area contributed by atoms with Gasteiger partial charge in [-0.2, -0.15) is 0 Å². The van der Waals surface area contributed by atoms with Crippen LogP contribution in [0.15, 0.2) is 22.7 Å². The molecule has 1 aromatic carbocycles. The first-order chi connectivity index (χ1) is 9.04. The van der Waals surface area contributed by atoms with Crippen LogP contribution in [0.2, 0.25) is 0 Å². The van der Waals surface area contributed by atoms with Crippen LogP contribution in [0.4, 0.5) is 0 Å². The smallest absolute Gasteiger partial charge is 0.220 e. The van der Waals surface area contributed by atoms with E-state index in [0.29, 0.717) is 6.42 Å². The number of halogens is 1. The number of amides is 1. The molecule has 1 aliphatic carbocycles. The van der Waals surface area contributed by atoms with Crippen LogP contribution in [-0.2, 0) is 11.2 Å². The molecule has 2 unspecified atom stereocenters. The first-order valence-electron chi connectivity index (χ1n) is 6.84. The highest BCUT2D eigenvalue weighted by molar-refractivity contribution is 9.10. The largest absolute Gasteiger partial charge is 0.353 e. The van der Waals surface area contributed by atoms with Crippen LogP contribution in [0.5, 0.6) is 0 Å². The molecule has 1 aromatic rings. The van der Waals surface area contributed by atoms with Crippen LogP contribution in [0, 0.1) is 6.92 Å². The van der Waals surface area contributed by atoms with Crippen molar-refractivity contribution in [3.63, 3.8) is 0 Å². The molecule has 2 atom stereocenters. The molecule has 0 aromatic heterocycles. The molecule has 1 amide bonds. The Balaban J connectivity index is 1.81. The van der Waals surface area contributed by atoms with Gasteiger partial charge in [0.1, 0.15) is 0 Å². The standard InChI is InChI=1S/C15H21BrN2O/c1-10-2-4-12(16)8-11(10)3-7-15(19)18-14-6-5-13(17)9-14/h2,4,8,13-14H,3,5-7,9,17H2,1H3,(H,18,19). The monoisotopic (exact) mass is 324 g/mol. The highest BCUT2D eigenvalue weighted by Gasteiger charge is 2.22. The van der Waals surface area contributed by atoms with Gasteiger partial charge in [0, 0.05) is 23.0 Å². The van der Waals surface area contributed by atoms with Gasteiger partial charge < -0.3 is 11.1 Å². The summed E-state index contributed by atoms with van der Waals surface area (Å²) in [5.74, 6) is 0.137. The summed E-state index contributed by atoms with van der Waals surface area (Å²) in [7, 11) is 0. The Hall–Kier alpha value is -0.870. The van der Waals surface area contributed by atoms with E-state index in [1.54, 1.807) is 0 Å². The van der Waals surface area contributed by atoms with Crippen molar-refractivity contribution in [2.45, 2.75) is 51.1 Å². The van der Waals surface area contributed by atoms with Crippen LogP contribution in [-0.4, -0.2) is 18.0 Å². The topological polar surface area (TPSA) is 55.1 Å². The average molecular weight is 325 g/mol. The van der Waals surface area contributed by atoms with Gasteiger partial charge in [-0.05, 0) is 55.9 Å². The molecular weight excluding hydrogens is 304 g/mol. The molecule has 0 bridgehead atoms. The van der Waals surface area contributed by atoms with E-state index in [9.17, 15) is 4.79 Å². The molecule has 0 aliphatic heterocycles. The summed E-state index contributed by atoms with van der Waals surface area (Å²) < 4.78 is 1.07. The zero-order chi connectivity index (χ0) is 13.8. The quantitative estimate of drug-likeness (QED) is 0.894. The number of carbonyl (C=O) groups excluding carboxylic acids is 1. The van der Waals surface area contributed by atoms with Crippen molar-refractivity contribution in [2.75, 3.05) is 0 Å². The highest BCUT2D eigenvalue weighted by Crippen LogP contribution is 2.19. The van der Waals surface area contributed by atoms with Crippen molar-refractivity contribution in [1.29, 1.82) is 0 Å². The van der Waals surface area contributed by atoms with Gasteiger partial charge >= 0.3 is 0 Å². The van der Waals surface area contributed by atoms with Crippen molar-refractivity contribution in [2.24, 2.45) is 5.73 Å². The van der Waals surface area contributed by atoms with Gasteiger partial charge in [-0.15, -0.1) is 0 Å². The number of nitrogens with one attached hydrogen (secondary N) is 1. The second-order valence-electron chi connectivity index (χ2n) is 5.41. The van der Waals surface area contributed by atoms with Gasteiger partial charge in [0.2, 0.25) is 5.91 Å². The van der Waals surface area contributed by atoms with E-state index >= 15 is 0 Å². The van der Waals surface area contributed by atoms with Crippen molar-refractivity contribution < 1.29 is 4.79 Å². The van der Waals surface area contributed by atoms with E-state index in [1.807, 2.05) is 6.07 Å². The fourth-order valence-electron chi connectivity index (χ4n) is 2.60. The first kappa shape index (κ1) is 14.5. The summed E-state index contributed by atoms with van der Waals surface area (Å²) >= 11 is 3.47. The molecule has 19 heavy (non-hydrogen) atoms. The molecule has 104 valence electrons. The molecule has 1 aliphatic rings. The Labute approximate surface area is 123 Å². The Bertz CT molecular complexity index is 461. The van der Waals surface area contributed by atoms with Crippen LogP contribution in [0.1, 0.15) is 36.8 Å². The van der Waals surface area contributed by atoms with Crippen molar-refractivity contribution in [3.8, 4) is 0 Å². The fourth-order valence-corrected chi connectivity index (χ4v) is 3.01. The summed E-state index contributed by atoms with van der Waals surface area (Å²) in [5, 5.41) is 3.08. The van der Waals surface area contributed by atoms with Crippen LogP contribution in [0.25, 0.3) is 0 Å². The highest BCUT2D eigenvalue weighted by atomic mass is 79.9. The van der Waals surface area contributed by atoms with Crippen LogP contribution < -0.4 is 11.1 Å². The lowest BCUT2D eigenvalue weighted by Gasteiger charge is -2.13. The number of carbonyl (C=O) groups is 1. The molecule has 0 radical (unpaired) electrons. The molecular formula is C15H21BrN2O.